The molecule has 0 radical (unpaired) electrons. The molecule has 18 heavy (non-hydrogen) atoms. The minimum atomic E-state index is -3.32. The van der Waals surface area contributed by atoms with Crippen molar-refractivity contribution in [1.82, 2.24) is 4.90 Å². The van der Waals surface area contributed by atoms with Gasteiger partial charge in [0.1, 0.15) is 5.37 Å². The molecule has 6 nitrogen and oxygen atoms in total. The maximum atomic E-state index is 11.9. The van der Waals surface area contributed by atoms with Gasteiger partial charge >= 0.3 is 5.97 Å². The number of nitrogens with zero attached hydrogens (tertiary/aromatic N) is 1. The number of sulfone groups is 1. The highest BCUT2D eigenvalue weighted by atomic mass is 32.2. The number of hydrogen-bond donors (Lipinski definition) is 1. The zero-order valence-corrected chi connectivity index (χ0v) is 11.8. The molecule has 0 aromatic carbocycles. The average molecular weight is 295 g/mol. The Morgan fingerprint density at radius 3 is 2.61 bits per heavy atom. The summed E-state index contributed by atoms with van der Waals surface area (Å²) in [6, 6.07) is 0. The molecule has 8 heteroatoms. The van der Waals surface area contributed by atoms with E-state index in [0.29, 0.717) is 18.1 Å². The second-order valence-corrected chi connectivity index (χ2v) is 7.56. The average Bonchev–Trinajstić information content (AvgIpc) is 2.36. The number of hydrogen-bond acceptors (Lipinski definition) is 5. The van der Waals surface area contributed by atoms with Crippen LogP contribution in [0, 0.1) is 0 Å². The van der Waals surface area contributed by atoms with Gasteiger partial charge in [0, 0.05) is 30.2 Å². The van der Waals surface area contributed by atoms with Gasteiger partial charge in [-0.1, -0.05) is 6.92 Å². The van der Waals surface area contributed by atoms with Crippen molar-refractivity contribution in [2.45, 2.75) is 25.1 Å². The predicted molar refractivity (Wildman–Crippen MR) is 69.2 cm³/mol. The SMILES string of the molecule is CCS(=O)(=O)C1CSCCN1C(=O)CCC(=O)O. The van der Waals surface area contributed by atoms with E-state index in [4.69, 9.17) is 5.11 Å². The molecule has 1 heterocycles. The quantitative estimate of drug-likeness (QED) is 0.778. The summed E-state index contributed by atoms with van der Waals surface area (Å²) in [6.07, 6.45) is -0.406. The van der Waals surface area contributed by atoms with Crippen LogP contribution in [0.1, 0.15) is 19.8 Å². The van der Waals surface area contributed by atoms with Crippen molar-refractivity contribution in [2.24, 2.45) is 0 Å². The molecule has 0 aliphatic carbocycles. The molecular formula is C10H17NO5S2. The Labute approximate surface area is 111 Å². The monoisotopic (exact) mass is 295 g/mol. The van der Waals surface area contributed by atoms with Gasteiger partial charge in [-0.3, -0.25) is 9.59 Å². The number of carbonyl (C=O) groups is 2. The summed E-state index contributed by atoms with van der Waals surface area (Å²) in [5.41, 5.74) is 0. The van der Waals surface area contributed by atoms with Gasteiger partial charge < -0.3 is 10.0 Å². The molecule has 1 aliphatic rings. The predicted octanol–water partition coefficient (Wildman–Crippen LogP) is 0.187. The number of aliphatic carboxylic acids is 1. The van der Waals surface area contributed by atoms with Gasteiger partial charge in [0.2, 0.25) is 5.91 Å². The van der Waals surface area contributed by atoms with Crippen LogP contribution in [0.25, 0.3) is 0 Å². The molecular weight excluding hydrogens is 278 g/mol. The lowest BCUT2D eigenvalue weighted by atomic mass is 10.2. The number of carbonyl (C=O) groups excluding carboxylic acids is 1. The fraction of sp³-hybridized carbons (Fsp3) is 0.800. The van der Waals surface area contributed by atoms with E-state index in [9.17, 15) is 18.0 Å². The molecule has 1 atom stereocenters. The molecule has 1 rings (SSSR count). The van der Waals surface area contributed by atoms with E-state index in [-0.39, 0.29) is 24.5 Å². The Morgan fingerprint density at radius 2 is 2.06 bits per heavy atom. The van der Waals surface area contributed by atoms with Gasteiger partial charge in [0.25, 0.3) is 0 Å². The third kappa shape index (κ3) is 3.88. The molecule has 0 saturated carbocycles. The van der Waals surface area contributed by atoms with E-state index in [1.807, 2.05) is 0 Å². The van der Waals surface area contributed by atoms with Crippen LogP contribution in [-0.2, 0) is 19.4 Å². The molecule has 0 spiro atoms. The maximum absolute atomic E-state index is 11.9. The summed E-state index contributed by atoms with van der Waals surface area (Å²) < 4.78 is 23.8. The van der Waals surface area contributed by atoms with Gasteiger partial charge in [-0.15, -0.1) is 0 Å². The Morgan fingerprint density at radius 1 is 1.39 bits per heavy atom. The Bertz CT molecular complexity index is 420. The van der Waals surface area contributed by atoms with Crippen LogP contribution < -0.4 is 0 Å². The zero-order valence-electron chi connectivity index (χ0n) is 10.2. The number of carboxylic acids is 1. The summed E-state index contributed by atoms with van der Waals surface area (Å²) >= 11 is 1.50. The van der Waals surface area contributed by atoms with Gasteiger partial charge in [-0.05, 0) is 0 Å². The summed E-state index contributed by atoms with van der Waals surface area (Å²) in [5.74, 6) is -0.394. The molecule has 1 unspecified atom stereocenters. The standard InChI is InChI=1S/C10H17NO5S2/c1-2-18(15,16)9-7-17-6-5-11(9)8(12)3-4-10(13)14/h9H,2-7H2,1H3,(H,13,14). The van der Waals surface area contributed by atoms with Crippen molar-refractivity contribution in [3.05, 3.63) is 0 Å². The van der Waals surface area contributed by atoms with Crippen LogP contribution in [-0.4, -0.2) is 59.5 Å². The summed E-state index contributed by atoms with van der Waals surface area (Å²) in [7, 11) is -3.32. The molecule has 1 fully saturated rings. The van der Waals surface area contributed by atoms with E-state index < -0.39 is 21.2 Å². The van der Waals surface area contributed by atoms with Crippen LogP contribution in [0.2, 0.25) is 0 Å². The van der Waals surface area contributed by atoms with Crippen molar-refractivity contribution in [3.8, 4) is 0 Å². The van der Waals surface area contributed by atoms with Gasteiger partial charge in [0.05, 0.1) is 6.42 Å². The second-order valence-electron chi connectivity index (χ2n) is 3.96. The fourth-order valence-electron chi connectivity index (χ4n) is 1.71. The largest absolute Gasteiger partial charge is 0.481 e. The van der Waals surface area contributed by atoms with E-state index in [0.717, 1.165) is 0 Å². The highest BCUT2D eigenvalue weighted by Crippen LogP contribution is 2.22. The van der Waals surface area contributed by atoms with Crippen LogP contribution >= 0.6 is 11.8 Å². The van der Waals surface area contributed by atoms with E-state index >= 15 is 0 Å². The van der Waals surface area contributed by atoms with E-state index in [2.05, 4.69) is 0 Å². The van der Waals surface area contributed by atoms with Gasteiger partial charge in [-0.2, -0.15) is 11.8 Å². The first-order valence-corrected chi connectivity index (χ1v) is 8.56. The second kappa shape index (κ2) is 6.42. The molecule has 1 saturated heterocycles. The zero-order chi connectivity index (χ0) is 13.8. The van der Waals surface area contributed by atoms with Crippen LogP contribution in [0.4, 0.5) is 0 Å². The van der Waals surface area contributed by atoms with Crippen molar-refractivity contribution in [3.63, 3.8) is 0 Å². The summed E-state index contributed by atoms with van der Waals surface area (Å²) in [5, 5.41) is 7.74. The first-order chi connectivity index (χ1) is 8.38. The smallest absolute Gasteiger partial charge is 0.303 e. The molecule has 104 valence electrons. The normalized spacial score (nSPS) is 20.7. The minimum absolute atomic E-state index is 0.0130. The fourth-order valence-corrected chi connectivity index (χ4v) is 4.70. The highest BCUT2D eigenvalue weighted by Gasteiger charge is 2.35. The number of rotatable bonds is 5. The lowest BCUT2D eigenvalue weighted by Crippen LogP contribution is -2.50. The Hall–Kier alpha value is -0.760. The molecule has 0 aromatic heterocycles. The third-order valence-electron chi connectivity index (χ3n) is 2.77. The first-order valence-electron chi connectivity index (χ1n) is 5.69. The van der Waals surface area contributed by atoms with E-state index in [1.54, 1.807) is 6.92 Å². The van der Waals surface area contributed by atoms with Crippen molar-refractivity contribution in [2.75, 3.05) is 23.8 Å². The summed E-state index contributed by atoms with van der Waals surface area (Å²) in [6.45, 7) is 1.92. The Kier molecular flexibility index (Phi) is 5.46. The first kappa shape index (κ1) is 15.3. The number of amides is 1. The van der Waals surface area contributed by atoms with Crippen LogP contribution in [0.3, 0.4) is 0 Å². The minimum Gasteiger partial charge on any atom is -0.481 e. The number of carboxylic acid groups (broad SMARTS) is 1. The molecule has 0 bridgehead atoms. The van der Waals surface area contributed by atoms with E-state index in [1.165, 1.54) is 16.7 Å². The third-order valence-corrected chi connectivity index (χ3v) is 6.06. The van der Waals surface area contributed by atoms with Crippen molar-refractivity contribution in [1.29, 1.82) is 0 Å². The van der Waals surface area contributed by atoms with Crippen molar-refractivity contribution < 1.29 is 23.1 Å². The molecule has 1 N–H and O–H groups in total. The highest BCUT2D eigenvalue weighted by molar-refractivity contribution is 8.01. The van der Waals surface area contributed by atoms with Crippen molar-refractivity contribution >= 4 is 33.5 Å². The lowest BCUT2D eigenvalue weighted by molar-refractivity contribution is -0.141. The van der Waals surface area contributed by atoms with Crippen LogP contribution in [0.15, 0.2) is 0 Å². The molecule has 1 amide bonds. The maximum Gasteiger partial charge on any atom is 0.303 e. The molecule has 1 aliphatic heterocycles. The van der Waals surface area contributed by atoms with Crippen LogP contribution in [0.5, 0.6) is 0 Å². The van der Waals surface area contributed by atoms with Gasteiger partial charge in [-0.25, -0.2) is 8.42 Å². The van der Waals surface area contributed by atoms with Gasteiger partial charge in [0.15, 0.2) is 9.84 Å². The topological polar surface area (TPSA) is 91.8 Å². The number of thioether (sulfide) groups is 1. The summed E-state index contributed by atoms with van der Waals surface area (Å²) in [4.78, 5) is 23.6. The molecule has 0 aromatic rings. The lowest BCUT2D eigenvalue weighted by Gasteiger charge is -2.34. The Balaban J connectivity index is 2.76.